The van der Waals surface area contributed by atoms with E-state index in [1.54, 1.807) is 12.5 Å². The van der Waals surface area contributed by atoms with Crippen molar-refractivity contribution >= 4 is 5.91 Å². The minimum Gasteiger partial charge on any atom is -0.348 e. The fourth-order valence-electron chi connectivity index (χ4n) is 3.62. The number of nitrogens with one attached hydrogen (secondary N) is 1. The molecule has 4 aromatic rings. The van der Waals surface area contributed by atoms with Crippen molar-refractivity contribution in [3.05, 3.63) is 125 Å². The molecule has 1 heterocycles. The second-order valence-electron chi connectivity index (χ2n) is 7.33. The van der Waals surface area contributed by atoms with Crippen molar-refractivity contribution in [2.45, 2.75) is 25.9 Å². The highest BCUT2D eigenvalue weighted by Crippen LogP contribution is 2.15. The molecule has 3 aromatic carbocycles. The van der Waals surface area contributed by atoms with Crippen molar-refractivity contribution in [3.8, 4) is 0 Å². The maximum absolute atomic E-state index is 13.0. The number of rotatable bonds is 8. The second kappa shape index (κ2) is 9.70. The second-order valence-corrected chi connectivity index (χ2v) is 7.33. The summed E-state index contributed by atoms with van der Waals surface area (Å²) in [6.45, 7) is 1.23. The first kappa shape index (κ1) is 19.6. The van der Waals surface area contributed by atoms with Gasteiger partial charge in [0.05, 0.1) is 6.33 Å². The molecule has 0 aliphatic carbocycles. The van der Waals surface area contributed by atoms with Crippen LogP contribution in [0.2, 0.25) is 0 Å². The van der Waals surface area contributed by atoms with Gasteiger partial charge in [-0.1, -0.05) is 72.8 Å². The molecule has 0 atom stereocenters. The summed E-state index contributed by atoms with van der Waals surface area (Å²) >= 11 is 0. The van der Waals surface area contributed by atoms with Gasteiger partial charge in [0.15, 0.2) is 0 Å². The quantitative estimate of drug-likeness (QED) is 0.472. The molecule has 1 amide bonds. The van der Waals surface area contributed by atoms with Gasteiger partial charge in [-0.25, -0.2) is 4.98 Å². The lowest BCUT2D eigenvalue weighted by atomic mass is 9.99. The topological polar surface area (TPSA) is 46.9 Å². The van der Waals surface area contributed by atoms with Crippen molar-refractivity contribution in [1.29, 1.82) is 0 Å². The number of amides is 1. The van der Waals surface area contributed by atoms with Gasteiger partial charge in [-0.05, 0) is 41.2 Å². The van der Waals surface area contributed by atoms with Gasteiger partial charge >= 0.3 is 0 Å². The summed E-state index contributed by atoms with van der Waals surface area (Å²) < 4.78 is 2.03. The molecule has 4 rings (SSSR count). The molecule has 1 N–H and O–H groups in total. The van der Waals surface area contributed by atoms with E-state index >= 15 is 0 Å². The third-order valence-electron chi connectivity index (χ3n) is 5.26. The van der Waals surface area contributed by atoms with Crippen LogP contribution in [0, 0.1) is 0 Å². The van der Waals surface area contributed by atoms with Gasteiger partial charge in [0.2, 0.25) is 0 Å². The number of hydrogen-bond donors (Lipinski definition) is 1. The fraction of sp³-hybridized carbons (Fsp3) is 0.154. The number of aromatic nitrogens is 2. The first-order valence-corrected chi connectivity index (χ1v) is 10.2. The number of benzene rings is 3. The number of hydrogen-bond acceptors (Lipinski definition) is 2. The third-order valence-corrected chi connectivity index (χ3v) is 5.26. The summed E-state index contributed by atoms with van der Waals surface area (Å²) in [6, 6.07) is 26.4. The van der Waals surface area contributed by atoms with Crippen LogP contribution in [-0.2, 0) is 25.9 Å². The van der Waals surface area contributed by atoms with Crippen LogP contribution in [0.15, 0.2) is 97.6 Å². The Morgan fingerprint density at radius 3 is 2.27 bits per heavy atom. The number of nitrogens with zero attached hydrogens (tertiary/aromatic N) is 2. The van der Waals surface area contributed by atoms with Crippen LogP contribution in [-0.4, -0.2) is 15.5 Å². The normalized spacial score (nSPS) is 10.7. The molecule has 30 heavy (non-hydrogen) atoms. The zero-order valence-corrected chi connectivity index (χ0v) is 16.9. The highest BCUT2D eigenvalue weighted by Gasteiger charge is 2.12. The molecular formula is C26H25N3O. The van der Waals surface area contributed by atoms with Gasteiger partial charge < -0.3 is 9.88 Å². The lowest BCUT2D eigenvalue weighted by Crippen LogP contribution is -2.24. The van der Waals surface area contributed by atoms with Crippen LogP contribution in [0.4, 0.5) is 0 Å². The van der Waals surface area contributed by atoms with E-state index < -0.39 is 0 Å². The van der Waals surface area contributed by atoms with E-state index in [4.69, 9.17) is 0 Å². The molecule has 0 bridgehead atoms. The highest BCUT2D eigenvalue weighted by molar-refractivity contribution is 5.95. The summed E-state index contributed by atoms with van der Waals surface area (Å²) in [6.07, 6.45) is 7.27. The molecule has 0 fully saturated rings. The maximum Gasteiger partial charge on any atom is 0.251 e. The Bertz CT molecular complexity index is 1090. The van der Waals surface area contributed by atoms with Crippen LogP contribution in [0.25, 0.3) is 0 Å². The zero-order chi connectivity index (χ0) is 20.6. The van der Waals surface area contributed by atoms with Gasteiger partial charge in [0.1, 0.15) is 0 Å². The summed E-state index contributed by atoms with van der Waals surface area (Å²) in [4.78, 5) is 17.1. The van der Waals surface area contributed by atoms with E-state index in [9.17, 15) is 4.79 Å². The van der Waals surface area contributed by atoms with Crippen LogP contribution < -0.4 is 5.32 Å². The van der Waals surface area contributed by atoms with Crippen molar-refractivity contribution < 1.29 is 4.79 Å². The van der Waals surface area contributed by atoms with Gasteiger partial charge in [-0.3, -0.25) is 4.79 Å². The van der Waals surface area contributed by atoms with E-state index in [1.165, 1.54) is 11.1 Å². The Morgan fingerprint density at radius 2 is 1.50 bits per heavy atom. The van der Waals surface area contributed by atoms with Gasteiger partial charge in [-0.2, -0.15) is 0 Å². The molecular weight excluding hydrogens is 370 g/mol. The summed E-state index contributed by atoms with van der Waals surface area (Å²) in [7, 11) is 0. The molecule has 0 unspecified atom stereocenters. The molecule has 0 saturated carbocycles. The summed E-state index contributed by atoms with van der Waals surface area (Å²) in [5, 5.41) is 3.11. The van der Waals surface area contributed by atoms with E-state index in [1.807, 2.05) is 53.2 Å². The minimum absolute atomic E-state index is 0.0314. The smallest absolute Gasteiger partial charge is 0.251 e. The predicted molar refractivity (Wildman–Crippen MR) is 119 cm³/mol. The predicted octanol–water partition coefficient (Wildman–Crippen LogP) is 4.65. The fourth-order valence-corrected chi connectivity index (χ4v) is 3.62. The van der Waals surface area contributed by atoms with E-state index in [-0.39, 0.29) is 5.91 Å². The molecule has 0 aliphatic heterocycles. The lowest BCUT2D eigenvalue weighted by Gasteiger charge is -2.13. The molecule has 0 spiro atoms. The average molecular weight is 396 g/mol. The van der Waals surface area contributed by atoms with Crippen molar-refractivity contribution in [2.75, 3.05) is 0 Å². The van der Waals surface area contributed by atoms with E-state index in [2.05, 4.69) is 46.7 Å². The van der Waals surface area contributed by atoms with E-state index in [0.717, 1.165) is 36.1 Å². The van der Waals surface area contributed by atoms with Crippen LogP contribution >= 0.6 is 0 Å². The van der Waals surface area contributed by atoms with Gasteiger partial charge in [0.25, 0.3) is 5.91 Å². The van der Waals surface area contributed by atoms with Crippen molar-refractivity contribution in [1.82, 2.24) is 14.9 Å². The first-order chi connectivity index (χ1) is 14.8. The zero-order valence-electron chi connectivity index (χ0n) is 16.9. The molecule has 0 aliphatic rings. The third kappa shape index (κ3) is 5.03. The van der Waals surface area contributed by atoms with Crippen molar-refractivity contribution in [3.63, 3.8) is 0 Å². The summed E-state index contributed by atoms with van der Waals surface area (Å²) in [5.74, 6) is -0.0314. The molecule has 0 saturated heterocycles. The molecule has 150 valence electrons. The maximum atomic E-state index is 13.0. The number of carbonyl (C=O) groups is 1. The van der Waals surface area contributed by atoms with Crippen LogP contribution in [0.1, 0.15) is 32.6 Å². The summed E-state index contributed by atoms with van der Waals surface area (Å²) in [5.41, 5.74) is 5.39. The lowest BCUT2D eigenvalue weighted by molar-refractivity contribution is 0.0950. The largest absolute Gasteiger partial charge is 0.348 e. The Morgan fingerprint density at radius 1 is 0.800 bits per heavy atom. The Kier molecular flexibility index (Phi) is 6.35. The monoisotopic (exact) mass is 395 g/mol. The van der Waals surface area contributed by atoms with E-state index in [0.29, 0.717) is 6.54 Å². The highest BCUT2D eigenvalue weighted by atomic mass is 16.1. The SMILES string of the molecule is O=C(NCc1ccccc1Cn1ccnc1)c1ccccc1CCc1ccccc1. The average Bonchev–Trinajstić information content (AvgIpc) is 3.31. The molecule has 4 nitrogen and oxygen atoms in total. The van der Waals surface area contributed by atoms with Crippen LogP contribution in [0.3, 0.4) is 0 Å². The van der Waals surface area contributed by atoms with Crippen molar-refractivity contribution in [2.24, 2.45) is 0 Å². The Balaban J connectivity index is 1.43. The molecule has 1 aromatic heterocycles. The molecule has 0 radical (unpaired) electrons. The Hall–Kier alpha value is -3.66. The number of imidazole rings is 1. The first-order valence-electron chi connectivity index (χ1n) is 10.2. The Labute approximate surface area is 177 Å². The standard InChI is InChI=1S/C26H25N3O/c30-26(25-13-7-6-10-22(25)15-14-21-8-2-1-3-9-21)28-18-23-11-4-5-12-24(23)19-29-17-16-27-20-29/h1-13,16-17,20H,14-15,18-19H2,(H,28,30). The minimum atomic E-state index is -0.0314. The number of carbonyl (C=O) groups excluding carboxylic acids is 1. The number of aryl methyl sites for hydroxylation is 2. The van der Waals surface area contributed by atoms with Gasteiger partial charge in [-0.15, -0.1) is 0 Å². The van der Waals surface area contributed by atoms with Crippen LogP contribution in [0.5, 0.6) is 0 Å². The van der Waals surface area contributed by atoms with Gasteiger partial charge in [0, 0.05) is 31.0 Å². The molecule has 4 heteroatoms.